The van der Waals surface area contributed by atoms with E-state index in [1.807, 2.05) is 66.7 Å². The highest BCUT2D eigenvalue weighted by Gasteiger charge is 2.14. The molecule has 3 rings (SSSR count). The second-order valence-electron chi connectivity index (χ2n) is 5.95. The molecule has 1 atom stereocenters. The van der Waals surface area contributed by atoms with Crippen LogP contribution in [0.1, 0.15) is 22.3 Å². The van der Waals surface area contributed by atoms with Crippen LogP contribution in [-0.2, 0) is 11.2 Å². The van der Waals surface area contributed by atoms with E-state index in [0.717, 1.165) is 11.3 Å². The van der Waals surface area contributed by atoms with Gasteiger partial charge in [-0.15, -0.1) is 0 Å². The highest BCUT2D eigenvalue weighted by Crippen LogP contribution is 2.16. The molecule has 0 spiro atoms. The predicted molar refractivity (Wildman–Crippen MR) is 110 cm³/mol. The number of ether oxygens (including phenoxy) is 1. The summed E-state index contributed by atoms with van der Waals surface area (Å²) < 4.78 is 5.67. The molecule has 0 bridgehead atoms. The van der Waals surface area contributed by atoms with Gasteiger partial charge in [-0.2, -0.15) is 0 Å². The molecule has 0 aliphatic rings. The molecular weight excluding hydrogens is 352 g/mol. The molecule has 3 aromatic carbocycles. The first-order valence-corrected chi connectivity index (χ1v) is 9.65. The van der Waals surface area contributed by atoms with Crippen LogP contribution in [0.5, 0.6) is 0 Å². The fraction of sp³-hybridized carbons (Fsp3) is 0.125. The average molecular weight is 372 g/mol. The van der Waals surface area contributed by atoms with E-state index in [-0.39, 0.29) is 5.97 Å². The Labute approximate surface area is 164 Å². The molecule has 2 nitrogen and oxygen atoms in total. The van der Waals surface area contributed by atoms with Gasteiger partial charge in [0.25, 0.3) is 0 Å². The number of hydrogen-bond acceptors (Lipinski definition) is 3. The minimum absolute atomic E-state index is 0.340. The molecule has 0 saturated carbocycles. The summed E-state index contributed by atoms with van der Waals surface area (Å²) >= 11 is 1.44. The van der Waals surface area contributed by atoms with E-state index in [1.54, 1.807) is 12.1 Å². The highest BCUT2D eigenvalue weighted by molar-refractivity contribution is 8.03. The van der Waals surface area contributed by atoms with Crippen molar-refractivity contribution in [1.82, 2.24) is 0 Å². The van der Waals surface area contributed by atoms with E-state index in [2.05, 4.69) is 23.3 Å². The first-order chi connectivity index (χ1) is 13.3. The van der Waals surface area contributed by atoms with E-state index < -0.39 is 6.10 Å². The zero-order valence-electron chi connectivity index (χ0n) is 14.9. The molecule has 0 saturated heterocycles. The van der Waals surface area contributed by atoms with Crippen LogP contribution in [0, 0.1) is 11.2 Å². The second-order valence-corrected chi connectivity index (χ2v) is 6.83. The third-order valence-corrected chi connectivity index (χ3v) is 4.66. The van der Waals surface area contributed by atoms with Gasteiger partial charge in [0.15, 0.2) is 6.10 Å². The summed E-state index contributed by atoms with van der Waals surface area (Å²) in [4.78, 5) is 13.5. The second kappa shape index (κ2) is 10.3. The number of thioether (sulfide) groups is 1. The number of benzene rings is 3. The van der Waals surface area contributed by atoms with Crippen LogP contribution < -0.4 is 0 Å². The maximum atomic E-state index is 12.4. The largest absolute Gasteiger partial charge is 0.446 e. The van der Waals surface area contributed by atoms with Crippen molar-refractivity contribution >= 4 is 17.7 Å². The van der Waals surface area contributed by atoms with Crippen LogP contribution in [0.4, 0.5) is 0 Å². The Kier molecular flexibility index (Phi) is 7.15. The molecule has 3 aromatic rings. The van der Waals surface area contributed by atoms with Gasteiger partial charge < -0.3 is 4.74 Å². The maximum absolute atomic E-state index is 12.4. The fourth-order valence-corrected chi connectivity index (χ4v) is 3.12. The van der Waals surface area contributed by atoms with Gasteiger partial charge in [0.05, 0.1) is 5.56 Å². The summed E-state index contributed by atoms with van der Waals surface area (Å²) in [6, 6.07) is 29.1. The van der Waals surface area contributed by atoms with Crippen LogP contribution in [-0.4, -0.2) is 12.1 Å². The highest BCUT2D eigenvalue weighted by atomic mass is 32.2. The monoisotopic (exact) mass is 372 g/mol. The topological polar surface area (TPSA) is 26.3 Å². The maximum Gasteiger partial charge on any atom is 0.339 e. The first-order valence-electron chi connectivity index (χ1n) is 8.83. The molecule has 1 unspecified atom stereocenters. The molecule has 0 heterocycles. The number of aryl methyl sites for hydroxylation is 1. The number of hydrogen-bond donors (Lipinski definition) is 0. The average Bonchev–Trinajstić information content (AvgIpc) is 2.74. The number of esters is 1. The van der Waals surface area contributed by atoms with Crippen molar-refractivity contribution in [3.63, 3.8) is 0 Å². The zero-order valence-corrected chi connectivity index (χ0v) is 15.7. The first kappa shape index (κ1) is 18.8. The Morgan fingerprint density at radius 2 is 1.44 bits per heavy atom. The quantitative estimate of drug-likeness (QED) is 0.320. The minimum Gasteiger partial charge on any atom is -0.446 e. The number of rotatable bonds is 6. The molecule has 0 aromatic heterocycles. The third-order valence-electron chi connectivity index (χ3n) is 3.93. The Morgan fingerprint density at radius 1 is 0.852 bits per heavy atom. The van der Waals surface area contributed by atoms with Gasteiger partial charge in [0.1, 0.15) is 0 Å². The van der Waals surface area contributed by atoms with Gasteiger partial charge in [-0.05, 0) is 65.6 Å². The van der Waals surface area contributed by atoms with Crippen molar-refractivity contribution in [3.8, 4) is 11.2 Å². The Hall–Kier alpha value is -2.96. The van der Waals surface area contributed by atoms with Gasteiger partial charge in [-0.1, -0.05) is 66.7 Å². The van der Waals surface area contributed by atoms with Crippen molar-refractivity contribution in [2.24, 2.45) is 0 Å². The lowest BCUT2D eigenvalue weighted by Crippen LogP contribution is -2.17. The van der Waals surface area contributed by atoms with E-state index in [1.165, 1.54) is 17.3 Å². The van der Waals surface area contributed by atoms with Crippen LogP contribution in [0.25, 0.3) is 0 Å². The van der Waals surface area contributed by atoms with E-state index in [0.29, 0.717) is 12.0 Å². The molecule has 0 amide bonds. The van der Waals surface area contributed by atoms with Crippen LogP contribution in [0.2, 0.25) is 0 Å². The van der Waals surface area contributed by atoms with Crippen molar-refractivity contribution in [2.45, 2.75) is 23.8 Å². The molecule has 0 aliphatic heterocycles. The van der Waals surface area contributed by atoms with Gasteiger partial charge in [0, 0.05) is 4.90 Å². The summed E-state index contributed by atoms with van der Waals surface area (Å²) in [6.45, 7) is 0. The molecule has 0 N–H and O–H groups in total. The normalized spacial score (nSPS) is 11.1. The number of carbonyl (C=O) groups is 1. The van der Waals surface area contributed by atoms with Crippen LogP contribution in [0.15, 0.2) is 95.9 Å². The summed E-state index contributed by atoms with van der Waals surface area (Å²) in [5.41, 5.74) is 1.75. The SMILES string of the molecule is O=C(OC(C#CSc1ccccc1)CCc1ccccc1)c1ccccc1. The minimum atomic E-state index is -0.450. The lowest BCUT2D eigenvalue weighted by molar-refractivity contribution is 0.0398. The van der Waals surface area contributed by atoms with Crippen LogP contribution >= 0.6 is 11.8 Å². The van der Waals surface area contributed by atoms with Crippen molar-refractivity contribution in [1.29, 1.82) is 0 Å². The Morgan fingerprint density at radius 3 is 2.11 bits per heavy atom. The van der Waals surface area contributed by atoms with Gasteiger partial charge >= 0.3 is 5.97 Å². The summed E-state index contributed by atoms with van der Waals surface area (Å²) in [5, 5.41) is 3.08. The summed E-state index contributed by atoms with van der Waals surface area (Å²) in [5.74, 6) is 2.77. The smallest absolute Gasteiger partial charge is 0.339 e. The predicted octanol–water partition coefficient (Wildman–Crippen LogP) is 5.60. The lowest BCUT2D eigenvalue weighted by Gasteiger charge is -2.12. The number of carbonyl (C=O) groups excluding carboxylic acids is 1. The van der Waals surface area contributed by atoms with E-state index in [9.17, 15) is 4.79 Å². The molecular formula is C24H20O2S. The standard InChI is InChI=1S/C24H20O2S/c25-24(21-12-6-2-7-13-21)26-22(17-16-20-10-4-1-5-11-20)18-19-27-23-14-8-3-9-15-23/h1-15,22H,16-17H2. The zero-order chi connectivity index (χ0) is 18.7. The van der Waals surface area contributed by atoms with Crippen molar-refractivity contribution in [2.75, 3.05) is 0 Å². The third kappa shape index (κ3) is 6.36. The molecule has 134 valence electrons. The molecule has 0 radical (unpaired) electrons. The van der Waals surface area contributed by atoms with Gasteiger partial charge in [-0.3, -0.25) is 0 Å². The Balaban J connectivity index is 1.67. The Bertz CT molecular complexity index is 897. The lowest BCUT2D eigenvalue weighted by atomic mass is 10.1. The van der Waals surface area contributed by atoms with Crippen LogP contribution in [0.3, 0.4) is 0 Å². The van der Waals surface area contributed by atoms with Gasteiger partial charge in [0.2, 0.25) is 0 Å². The summed E-state index contributed by atoms with van der Waals surface area (Å²) in [6.07, 6.45) is 1.01. The van der Waals surface area contributed by atoms with Gasteiger partial charge in [-0.25, -0.2) is 4.79 Å². The molecule has 27 heavy (non-hydrogen) atoms. The molecule has 0 aliphatic carbocycles. The summed E-state index contributed by atoms with van der Waals surface area (Å²) in [7, 11) is 0. The van der Waals surface area contributed by atoms with E-state index >= 15 is 0 Å². The van der Waals surface area contributed by atoms with E-state index in [4.69, 9.17) is 4.74 Å². The molecule has 3 heteroatoms. The van der Waals surface area contributed by atoms with Crippen molar-refractivity contribution in [3.05, 3.63) is 102 Å². The molecule has 0 fully saturated rings. The fourth-order valence-electron chi connectivity index (χ4n) is 2.52. The van der Waals surface area contributed by atoms with Crippen molar-refractivity contribution < 1.29 is 9.53 Å².